The van der Waals surface area contributed by atoms with Crippen LogP contribution in [0, 0.1) is 6.92 Å². The first-order valence-electron chi connectivity index (χ1n) is 5.91. The van der Waals surface area contributed by atoms with Crippen molar-refractivity contribution in [2.75, 3.05) is 7.05 Å². The molecular formula is C15H14BrCl2N. The third-order valence-corrected chi connectivity index (χ3v) is 4.33. The maximum Gasteiger partial charge on any atom is 0.0589 e. The number of hydrogen-bond acceptors (Lipinski definition) is 1. The van der Waals surface area contributed by atoms with Crippen molar-refractivity contribution in [1.82, 2.24) is 5.32 Å². The summed E-state index contributed by atoms with van der Waals surface area (Å²) in [6, 6.07) is 11.9. The highest BCUT2D eigenvalue weighted by atomic mass is 79.9. The number of nitrogens with one attached hydrogen (secondary N) is 1. The summed E-state index contributed by atoms with van der Waals surface area (Å²) in [6.07, 6.45) is 0. The van der Waals surface area contributed by atoms with Crippen molar-refractivity contribution < 1.29 is 0 Å². The van der Waals surface area contributed by atoms with Gasteiger partial charge in [-0.15, -0.1) is 0 Å². The second-order valence-corrected chi connectivity index (χ2v) is 6.13. The standard InChI is InChI=1S/C15H14BrCl2N/c1-9-3-4-10(7-14(9)18)15(19-2)12-8-11(16)5-6-13(12)17/h3-8,15,19H,1-2H3. The number of rotatable bonds is 3. The van der Waals surface area contributed by atoms with Crippen molar-refractivity contribution in [1.29, 1.82) is 0 Å². The third-order valence-electron chi connectivity index (χ3n) is 3.09. The molecule has 0 aliphatic heterocycles. The zero-order valence-electron chi connectivity index (χ0n) is 10.7. The van der Waals surface area contributed by atoms with Crippen molar-refractivity contribution in [2.24, 2.45) is 0 Å². The minimum Gasteiger partial charge on any atom is -0.309 e. The molecule has 1 nitrogen and oxygen atoms in total. The van der Waals surface area contributed by atoms with Gasteiger partial charge >= 0.3 is 0 Å². The Kier molecular flexibility index (Phi) is 4.91. The maximum absolute atomic E-state index is 6.30. The van der Waals surface area contributed by atoms with E-state index >= 15 is 0 Å². The normalized spacial score (nSPS) is 12.5. The van der Waals surface area contributed by atoms with Gasteiger partial charge in [0.1, 0.15) is 0 Å². The van der Waals surface area contributed by atoms with E-state index in [1.165, 1.54) is 0 Å². The molecular weight excluding hydrogens is 345 g/mol. The lowest BCUT2D eigenvalue weighted by Crippen LogP contribution is -2.18. The molecule has 2 rings (SSSR count). The van der Waals surface area contributed by atoms with Crippen LogP contribution in [-0.4, -0.2) is 7.05 Å². The Morgan fingerprint density at radius 1 is 1.05 bits per heavy atom. The van der Waals surface area contributed by atoms with Crippen LogP contribution in [0.4, 0.5) is 0 Å². The van der Waals surface area contributed by atoms with Gasteiger partial charge in [0.05, 0.1) is 6.04 Å². The molecule has 19 heavy (non-hydrogen) atoms. The molecule has 100 valence electrons. The van der Waals surface area contributed by atoms with E-state index in [-0.39, 0.29) is 6.04 Å². The molecule has 0 saturated carbocycles. The van der Waals surface area contributed by atoms with Crippen LogP contribution in [0.2, 0.25) is 10.0 Å². The lowest BCUT2D eigenvalue weighted by Gasteiger charge is -2.19. The molecule has 1 atom stereocenters. The first-order chi connectivity index (χ1) is 9.02. The summed E-state index contributed by atoms with van der Waals surface area (Å²) < 4.78 is 1.00. The average Bonchev–Trinajstić information content (AvgIpc) is 2.38. The van der Waals surface area contributed by atoms with Crippen LogP contribution in [0.3, 0.4) is 0 Å². The predicted molar refractivity (Wildman–Crippen MR) is 86.2 cm³/mol. The summed E-state index contributed by atoms with van der Waals surface area (Å²) in [5.41, 5.74) is 3.19. The number of hydrogen-bond donors (Lipinski definition) is 1. The summed E-state index contributed by atoms with van der Waals surface area (Å²) in [5.74, 6) is 0. The Labute approximate surface area is 132 Å². The van der Waals surface area contributed by atoms with Crippen LogP contribution < -0.4 is 5.32 Å². The Hall–Kier alpha value is -0.540. The summed E-state index contributed by atoms with van der Waals surface area (Å²) >= 11 is 16.0. The summed E-state index contributed by atoms with van der Waals surface area (Å²) in [5, 5.41) is 4.79. The second kappa shape index (κ2) is 6.27. The lowest BCUT2D eigenvalue weighted by atomic mass is 9.98. The molecule has 0 aliphatic carbocycles. The van der Waals surface area contributed by atoms with Gasteiger partial charge in [-0.3, -0.25) is 0 Å². The highest BCUT2D eigenvalue weighted by molar-refractivity contribution is 9.10. The van der Waals surface area contributed by atoms with Crippen molar-refractivity contribution in [3.63, 3.8) is 0 Å². The lowest BCUT2D eigenvalue weighted by molar-refractivity contribution is 0.691. The fourth-order valence-electron chi connectivity index (χ4n) is 2.03. The van der Waals surface area contributed by atoms with Gasteiger partial charge in [-0.1, -0.05) is 51.3 Å². The Bertz CT molecular complexity index is 599. The van der Waals surface area contributed by atoms with Crippen molar-refractivity contribution in [3.05, 3.63) is 67.6 Å². The fourth-order valence-corrected chi connectivity index (χ4v) is 2.82. The zero-order valence-corrected chi connectivity index (χ0v) is 13.8. The van der Waals surface area contributed by atoms with Crippen LogP contribution in [0.1, 0.15) is 22.7 Å². The molecule has 0 aliphatic rings. The zero-order chi connectivity index (χ0) is 14.0. The molecule has 0 fully saturated rings. The fraction of sp³-hybridized carbons (Fsp3) is 0.200. The van der Waals surface area contributed by atoms with Crippen LogP contribution >= 0.6 is 39.1 Å². The number of aryl methyl sites for hydroxylation is 1. The van der Waals surface area contributed by atoms with E-state index < -0.39 is 0 Å². The van der Waals surface area contributed by atoms with E-state index in [1.807, 2.05) is 44.3 Å². The second-order valence-electron chi connectivity index (χ2n) is 4.40. The third kappa shape index (κ3) is 3.32. The smallest absolute Gasteiger partial charge is 0.0589 e. The molecule has 0 amide bonds. The summed E-state index contributed by atoms with van der Waals surface area (Å²) in [6.45, 7) is 1.99. The van der Waals surface area contributed by atoms with Gasteiger partial charge < -0.3 is 5.32 Å². The van der Waals surface area contributed by atoms with Crippen LogP contribution in [0.25, 0.3) is 0 Å². The molecule has 2 aromatic carbocycles. The molecule has 0 heterocycles. The molecule has 0 radical (unpaired) electrons. The number of benzene rings is 2. The maximum atomic E-state index is 6.30. The summed E-state index contributed by atoms with van der Waals surface area (Å²) in [7, 11) is 1.91. The monoisotopic (exact) mass is 357 g/mol. The Balaban J connectivity index is 2.49. The Morgan fingerprint density at radius 2 is 1.79 bits per heavy atom. The first-order valence-corrected chi connectivity index (χ1v) is 7.46. The molecule has 0 spiro atoms. The topological polar surface area (TPSA) is 12.0 Å². The molecule has 0 saturated heterocycles. The highest BCUT2D eigenvalue weighted by Gasteiger charge is 2.16. The quantitative estimate of drug-likeness (QED) is 0.777. The van der Waals surface area contributed by atoms with Gasteiger partial charge in [-0.25, -0.2) is 0 Å². The molecule has 0 bridgehead atoms. The van der Waals surface area contributed by atoms with E-state index in [2.05, 4.69) is 27.3 Å². The largest absolute Gasteiger partial charge is 0.309 e. The molecule has 1 N–H and O–H groups in total. The molecule has 2 aromatic rings. The van der Waals surface area contributed by atoms with Crippen molar-refractivity contribution in [2.45, 2.75) is 13.0 Å². The Morgan fingerprint density at radius 3 is 2.42 bits per heavy atom. The minimum atomic E-state index is 0.0168. The van der Waals surface area contributed by atoms with E-state index in [1.54, 1.807) is 0 Å². The van der Waals surface area contributed by atoms with E-state index in [9.17, 15) is 0 Å². The van der Waals surface area contributed by atoms with E-state index in [0.29, 0.717) is 0 Å². The van der Waals surface area contributed by atoms with Gasteiger partial charge in [0.2, 0.25) is 0 Å². The highest BCUT2D eigenvalue weighted by Crippen LogP contribution is 2.32. The van der Waals surface area contributed by atoms with Gasteiger partial charge in [0.25, 0.3) is 0 Å². The average molecular weight is 359 g/mol. The summed E-state index contributed by atoms with van der Waals surface area (Å²) in [4.78, 5) is 0. The van der Waals surface area contributed by atoms with Crippen molar-refractivity contribution in [3.8, 4) is 0 Å². The van der Waals surface area contributed by atoms with Gasteiger partial charge in [-0.2, -0.15) is 0 Å². The minimum absolute atomic E-state index is 0.0168. The van der Waals surface area contributed by atoms with E-state index in [0.717, 1.165) is 31.2 Å². The predicted octanol–water partition coefficient (Wildman–Crippen LogP) is 5.37. The van der Waals surface area contributed by atoms with Crippen LogP contribution in [-0.2, 0) is 0 Å². The van der Waals surface area contributed by atoms with Gasteiger partial charge in [0.15, 0.2) is 0 Å². The van der Waals surface area contributed by atoms with Gasteiger partial charge in [-0.05, 0) is 54.9 Å². The molecule has 1 unspecified atom stereocenters. The molecule has 0 aromatic heterocycles. The van der Waals surface area contributed by atoms with E-state index in [4.69, 9.17) is 23.2 Å². The SMILES string of the molecule is CNC(c1ccc(C)c(Cl)c1)c1cc(Br)ccc1Cl. The van der Waals surface area contributed by atoms with Crippen LogP contribution in [0.5, 0.6) is 0 Å². The number of halogens is 3. The molecule has 4 heteroatoms. The van der Waals surface area contributed by atoms with Gasteiger partial charge in [0, 0.05) is 14.5 Å². The van der Waals surface area contributed by atoms with Crippen LogP contribution in [0.15, 0.2) is 40.9 Å². The first kappa shape index (κ1) is 14.9. The van der Waals surface area contributed by atoms with Crippen molar-refractivity contribution >= 4 is 39.1 Å².